The normalized spacial score (nSPS) is 19.4. The van der Waals surface area contributed by atoms with E-state index in [1.807, 2.05) is 4.90 Å². The highest BCUT2D eigenvalue weighted by Crippen LogP contribution is 2.27. The predicted octanol–water partition coefficient (Wildman–Crippen LogP) is 2.45. The van der Waals surface area contributed by atoms with E-state index < -0.39 is 30.0 Å². The predicted molar refractivity (Wildman–Crippen MR) is 139 cm³/mol. The molecule has 0 bridgehead atoms. The highest BCUT2D eigenvalue weighted by atomic mass is 19.4. The van der Waals surface area contributed by atoms with Crippen LogP contribution in [0.25, 0.3) is 10.9 Å². The molecule has 1 fully saturated rings. The number of carbonyl (C=O) groups excluding carboxylic acids is 2. The Morgan fingerprint density at radius 2 is 1.95 bits per heavy atom. The summed E-state index contributed by atoms with van der Waals surface area (Å²) in [5, 5.41) is 6.47. The Morgan fingerprint density at radius 1 is 1.15 bits per heavy atom. The summed E-state index contributed by atoms with van der Waals surface area (Å²) in [5.41, 5.74) is 0.715. The van der Waals surface area contributed by atoms with Gasteiger partial charge in [0.1, 0.15) is 11.9 Å². The van der Waals surface area contributed by atoms with Crippen LogP contribution in [0.15, 0.2) is 47.3 Å². The fraction of sp³-hybridized carbons (Fsp3) is 0.407. The maximum atomic E-state index is 13.9. The number of piperidine rings is 1. The van der Waals surface area contributed by atoms with Crippen molar-refractivity contribution >= 4 is 28.6 Å². The molecule has 5 rings (SSSR count). The Morgan fingerprint density at radius 3 is 2.76 bits per heavy atom. The molecule has 14 heteroatoms. The number of likely N-dealkylation sites (tertiary alicyclic amines) is 1. The molecular formula is C27H27F4N5O5. The van der Waals surface area contributed by atoms with Gasteiger partial charge in [-0.15, -0.1) is 0 Å². The molecule has 2 aliphatic heterocycles. The molecule has 4 heterocycles. The van der Waals surface area contributed by atoms with Gasteiger partial charge in [-0.1, -0.05) is 0 Å². The molecule has 2 atom stereocenters. The lowest BCUT2D eigenvalue weighted by molar-refractivity contribution is -0.209. The summed E-state index contributed by atoms with van der Waals surface area (Å²) in [6.45, 7) is 1.57. The fourth-order valence-corrected chi connectivity index (χ4v) is 5.07. The number of benzene rings is 1. The second-order valence-electron chi connectivity index (χ2n) is 9.93. The number of nitrogens with zero attached hydrogens (tertiary/aromatic N) is 3. The zero-order valence-corrected chi connectivity index (χ0v) is 21.7. The van der Waals surface area contributed by atoms with Crippen LogP contribution in [0, 0.1) is 11.7 Å². The second kappa shape index (κ2) is 11.8. The van der Waals surface area contributed by atoms with Crippen molar-refractivity contribution in [1.82, 2.24) is 19.8 Å². The summed E-state index contributed by atoms with van der Waals surface area (Å²) in [5.74, 6) is -2.83. The average molecular weight is 578 g/mol. The van der Waals surface area contributed by atoms with Crippen LogP contribution in [-0.4, -0.2) is 71.4 Å². The average Bonchev–Trinajstić information content (AvgIpc) is 2.93. The van der Waals surface area contributed by atoms with E-state index in [0.717, 1.165) is 0 Å². The number of aromatic nitrogens is 2. The van der Waals surface area contributed by atoms with Crippen molar-refractivity contribution in [2.45, 2.75) is 31.8 Å². The summed E-state index contributed by atoms with van der Waals surface area (Å²) in [4.78, 5) is 42.0. The van der Waals surface area contributed by atoms with Gasteiger partial charge < -0.3 is 29.6 Å². The monoisotopic (exact) mass is 577 g/mol. The summed E-state index contributed by atoms with van der Waals surface area (Å²) in [6.07, 6.45) is -5.93. The number of amides is 1. The van der Waals surface area contributed by atoms with E-state index >= 15 is 0 Å². The van der Waals surface area contributed by atoms with Crippen LogP contribution in [-0.2, 0) is 27.4 Å². The zero-order valence-electron chi connectivity index (χ0n) is 21.7. The Labute approximate surface area is 231 Å². The van der Waals surface area contributed by atoms with Crippen molar-refractivity contribution in [2.24, 2.45) is 5.92 Å². The zero-order chi connectivity index (χ0) is 29.1. The molecule has 0 unspecified atom stereocenters. The van der Waals surface area contributed by atoms with Gasteiger partial charge in [0.2, 0.25) is 0 Å². The van der Waals surface area contributed by atoms with Crippen molar-refractivity contribution in [3.05, 3.63) is 64.3 Å². The van der Waals surface area contributed by atoms with Gasteiger partial charge >= 0.3 is 12.1 Å². The number of halogens is 4. The first-order valence-corrected chi connectivity index (χ1v) is 13.0. The van der Waals surface area contributed by atoms with Gasteiger partial charge in [0.05, 0.1) is 11.2 Å². The van der Waals surface area contributed by atoms with E-state index in [2.05, 4.69) is 15.6 Å². The highest BCUT2D eigenvalue weighted by Gasteiger charge is 2.44. The Hall–Kier alpha value is -4.04. The van der Waals surface area contributed by atoms with Crippen molar-refractivity contribution in [3.63, 3.8) is 0 Å². The molecule has 3 aromatic rings. The van der Waals surface area contributed by atoms with Crippen LogP contribution in [0.1, 0.15) is 12.1 Å². The van der Waals surface area contributed by atoms with E-state index in [9.17, 15) is 31.9 Å². The Bertz CT molecular complexity index is 1510. The second-order valence-corrected chi connectivity index (χ2v) is 9.93. The van der Waals surface area contributed by atoms with Crippen molar-refractivity contribution < 1.29 is 36.6 Å². The Balaban J connectivity index is 1.25. The van der Waals surface area contributed by atoms with Crippen LogP contribution in [0.4, 0.5) is 23.4 Å². The maximum Gasteiger partial charge on any atom is 0.490 e. The van der Waals surface area contributed by atoms with Gasteiger partial charge in [0.15, 0.2) is 18.2 Å². The molecule has 1 saturated heterocycles. The smallest absolute Gasteiger partial charge is 0.480 e. The van der Waals surface area contributed by atoms with E-state index in [1.165, 1.54) is 22.8 Å². The molecule has 10 nitrogen and oxygen atoms in total. The van der Waals surface area contributed by atoms with E-state index in [0.29, 0.717) is 35.4 Å². The van der Waals surface area contributed by atoms with Crippen LogP contribution in [0.2, 0.25) is 0 Å². The van der Waals surface area contributed by atoms with Gasteiger partial charge in [-0.05, 0) is 48.2 Å². The maximum absolute atomic E-state index is 13.9. The largest absolute Gasteiger partial charge is 0.490 e. The third-order valence-electron chi connectivity index (χ3n) is 7.08. The van der Waals surface area contributed by atoms with Crippen molar-refractivity contribution in [2.75, 3.05) is 38.1 Å². The molecule has 41 heavy (non-hydrogen) atoms. The van der Waals surface area contributed by atoms with Gasteiger partial charge in [-0.25, -0.2) is 14.2 Å². The minimum absolute atomic E-state index is 0.103. The molecule has 218 valence electrons. The lowest BCUT2D eigenvalue weighted by Crippen LogP contribution is -2.50. The number of esters is 1. The number of hydrogen-bond acceptors (Lipinski definition) is 8. The minimum Gasteiger partial charge on any atom is -0.480 e. The Kier molecular flexibility index (Phi) is 8.22. The van der Waals surface area contributed by atoms with Crippen LogP contribution in [0.5, 0.6) is 5.75 Å². The molecule has 0 radical (unpaired) electrons. The van der Waals surface area contributed by atoms with E-state index in [4.69, 9.17) is 9.47 Å². The summed E-state index contributed by atoms with van der Waals surface area (Å²) < 4.78 is 64.3. The summed E-state index contributed by atoms with van der Waals surface area (Å²) in [6, 6.07) is 10.6. The molecule has 2 aliphatic rings. The molecule has 0 aliphatic carbocycles. The first-order valence-electron chi connectivity index (χ1n) is 13.0. The number of nitrogens with one attached hydrogen (secondary N) is 2. The molecule has 2 N–H and O–H groups in total. The molecule has 0 saturated carbocycles. The first-order chi connectivity index (χ1) is 19.6. The number of rotatable bonds is 8. The first kappa shape index (κ1) is 28.5. The lowest BCUT2D eigenvalue weighted by atomic mass is 9.94. The molecule has 1 aromatic carbocycles. The molecule has 1 amide bonds. The number of carbonyl (C=O) groups is 2. The number of hydrogen-bond donors (Lipinski definition) is 2. The number of alkyl halides is 3. The third kappa shape index (κ3) is 6.82. The number of ether oxygens (including phenoxy) is 2. The van der Waals surface area contributed by atoms with Gasteiger partial charge in [-0.3, -0.25) is 9.59 Å². The van der Waals surface area contributed by atoms with Gasteiger partial charge in [0.25, 0.3) is 11.5 Å². The SMILES string of the molecule is O=C1COc2ccc(CNC[C@@H]3CN(CCn4c(=O)ccc5ccc(F)cc54)CC[C@@H]3OC(=O)C(F)(F)F)nc2N1. The number of fused-ring (bicyclic) bond motifs is 2. The van der Waals surface area contributed by atoms with E-state index in [-0.39, 0.29) is 56.5 Å². The van der Waals surface area contributed by atoms with Gasteiger partial charge in [-0.2, -0.15) is 13.2 Å². The molecule has 0 spiro atoms. The number of pyridine rings is 2. The standard InChI is InChI=1S/C27H27F4N5O5/c28-18-3-1-16-2-6-24(38)36(20(16)11-18)10-9-35-8-7-21(41-26(39)27(29,30)31)17(14-35)12-32-13-19-4-5-22-25(33-19)34-23(37)15-40-22/h1-6,11,17,21,32H,7-10,12-15H2,(H,33,34,37)/t17-,21+/m1/s1. The summed E-state index contributed by atoms with van der Waals surface area (Å²) >= 11 is 0. The van der Waals surface area contributed by atoms with Crippen LogP contribution >= 0.6 is 0 Å². The van der Waals surface area contributed by atoms with Crippen LogP contribution in [0.3, 0.4) is 0 Å². The van der Waals surface area contributed by atoms with Gasteiger partial charge in [0, 0.05) is 51.3 Å². The topological polar surface area (TPSA) is 115 Å². The quantitative estimate of drug-likeness (QED) is 0.310. The highest BCUT2D eigenvalue weighted by molar-refractivity contribution is 5.94. The van der Waals surface area contributed by atoms with Crippen molar-refractivity contribution in [3.8, 4) is 5.75 Å². The fourth-order valence-electron chi connectivity index (χ4n) is 5.07. The van der Waals surface area contributed by atoms with Crippen LogP contribution < -0.4 is 20.9 Å². The minimum atomic E-state index is -5.11. The molecule has 2 aromatic heterocycles. The summed E-state index contributed by atoms with van der Waals surface area (Å²) in [7, 11) is 0. The number of anilines is 1. The van der Waals surface area contributed by atoms with E-state index in [1.54, 1.807) is 24.3 Å². The van der Waals surface area contributed by atoms with Crippen molar-refractivity contribution in [1.29, 1.82) is 0 Å². The third-order valence-corrected chi connectivity index (χ3v) is 7.08. The lowest BCUT2D eigenvalue weighted by Gasteiger charge is -2.38. The molecular weight excluding hydrogens is 550 g/mol.